The van der Waals surface area contributed by atoms with Crippen molar-refractivity contribution in [1.82, 2.24) is 9.13 Å². The summed E-state index contributed by atoms with van der Waals surface area (Å²) in [5, 5.41) is 0. The highest BCUT2D eigenvalue weighted by molar-refractivity contribution is 5.72. The van der Waals surface area contributed by atoms with E-state index >= 15 is 0 Å². The van der Waals surface area contributed by atoms with Crippen LogP contribution in [0, 0.1) is 0 Å². The lowest BCUT2D eigenvalue weighted by Crippen LogP contribution is -3.00. The molecule has 0 saturated carbocycles. The predicted octanol–water partition coefficient (Wildman–Crippen LogP) is -2.33. The van der Waals surface area contributed by atoms with Crippen molar-refractivity contribution < 1.29 is 57.1 Å². The molecule has 0 radical (unpaired) electrons. The molecule has 0 aliphatic carbocycles. The molecule has 0 atom stereocenters. The Balaban J connectivity index is 0.00000160. The fourth-order valence-electron chi connectivity index (χ4n) is 4.66. The Morgan fingerprint density at radius 1 is 0.600 bits per heavy atom. The van der Waals surface area contributed by atoms with Crippen molar-refractivity contribution in [3.05, 3.63) is 60.2 Å². The number of para-hydroxylation sites is 4. The minimum Gasteiger partial charge on any atom is -1.00 e. The molecule has 6 heteroatoms. The van der Waals surface area contributed by atoms with Crippen molar-refractivity contribution in [2.75, 3.05) is 0 Å². The zero-order valence-electron chi connectivity index (χ0n) is 18.4. The monoisotopic (exact) mass is 630 g/mol. The van der Waals surface area contributed by atoms with E-state index in [4.69, 9.17) is 0 Å². The molecule has 0 aliphatic heterocycles. The first kappa shape index (κ1) is 25.1. The molecule has 0 spiro atoms. The van der Waals surface area contributed by atoms with E-state index in [1.54, 1.807) is 0 Å². The van der Waals surface area contributed by atoms with E-state index in [1.165, 1.54) is 59.4 Å². The summed E-state index contributed by atoms with van der Waals surface area (Å²) in [5.41, 5.74) is 5.29. The topological polar surface area (TPSA) is 17.6 Å². The maximum atomic E-state index is 2.35. The van der Waals surface area contributed by atoms with Gasteiger partial charge < -0.3 is 48.0 Å². The smallest absolute Gasteiger partial charge is 0.256 e. The summed E-state index contributed by atoms with van der Waals surface area (Å²) in [7, 11) is 8.77. The molecule has 2 heterocycles. The largest absolute Gasteiger partial charge is 1.00 e. The average Bonchev–Trinajstić information content (AvgIpc) is 3.11. The molecule has 4 aromatic rings. The second kappa shape index (κ2) is 10.9. The average molecular weight is 630 g/mol. The van der Waals surface area contributed by atoms with Crippen molar-refractivity contribution in [2.45, 2.75) is 38.5 Å². The van der Waals surface area contributed by atoms with Crippen LogP contribution in [0.2, 0.25) is 0 Å². The van der Waals surface area contributed by atoms with Crippen LogP contribution in [0.25, 0.3) is 22.1 Å². The zero-order chi connectivity index (χ0) is 19.7. The van der Waals surface area contributed by atoms with Gasteiger partial charge in [-0.3, -0.25) is 0 Å². The van der Waals surface area contributed by atoms with Crippen LogP contribution in [0.1, 0.15) is 37.3 Å². The molecule has 0 saturated heterocycles. The fraction of sp³-hybridized carbons (Fsp3) is 0.417. The fourth-order valence-corrected chi connectivity index (χ4v) is 4.66. The first-order valence-corrected chi connectivity index (χ1v) is 10.4. The summed E-state index contributed by atoms with van der Waals surface area (Å²) in [6, 6.07) is 17.3. The number of nitrogens with zero attached hydrogens (tertiary/aromatic N) is 4. The summed E-state index contributed by atoms with van der Waals surface area (Å²) in [6.07, 6.45) is 7.36. The van der Waals surface area contributed by atoms with Crippen molar-refractivity contribution in [2.24, 2.45) is 28.2 Å². The summed E-state index contributed by atoms with van der Waals surface area (Å²) in [6.45, 7) is 0. The standard InChI is InChI=1S/C24H32N4.2HI/c1-25-19-13-9-10-14-20(19)26(2)23(25)17-7-5-6-8-18-24-27(3)21-15-11-12-16-22(21)28(24)4;;/h9-16H,5-8,17-18H2,1-4H3;2*1H/q+2;;/p-2. The van der Waals surface area contributed by atoms with Crippen molar-refractivity contribution in [3.8, 4) is 0 Å². The molecular weight excluding hydrogens is 598 g/mol. The highest BCUT2D eigenvalue weighted by atomic mass is 127. The quantitative estimate of drug-likeness (QED) is 0.124. The Morgan fingerprint density at radius 3 is 1.33 bits per heavy atom. The van der Waals surface area contributed by atoms with E-state index in [9.17, 15) is 0 Å². The minimum absolute atomic E-state index is 0. The van der Waals surface area contributed by atoms with E-state index in [0.717, 1.165) is 12.8 Å². The number of aromatic nitrogens is 4. The maximum absolute atomic E-state index is 2.35. The van der Waals surface area contributed by atoms with Crippen molar-refractivity contribution >= 4 is 22.1 Å². The van der Waals surface area contributed by atoms with Gasteiger partial charge in [0.1, 0.15) is 0 Å². The Morgan fingerprint density at radius 2 is 0.967 bits per heavy atom. The number of hydrogen-bond donors (Lipinski definition) is 0. The molecule has 162 valence electrons. The normalized spacial score (nSPS) is 10.9. The van der Waals surface area contributed by atoms with Gasteiger partial charge in [0.15, 0.2) is 22.1 Å². The molecule has 0 bridgehead atoms. The first-order chi connectivity index (χ1) is 13.6. The Labute approximate surface area is 213 Å². The molecule has 0 unspecified atom stereocenters. The van der Waals surface area contributed by atoms with Gasteiger partial charge in [-0.2, -0.15) is 0 Å². The summed E-state index contributed by atoms with van der Waals surface area (Å²) in [4.78, 5) is 0. The van der Waals surface area contributed by atoms with E-state index < -0.39 is 0 Å². The Bertz CT molecular complexity index is 959. The van der Waals surface area contributed by atoms with Crippen molar-refractivity contribution in [1.29, 1.82) is 0 Å². The van der Waals surface area contributed by atoms with E-state index in [1.807, 2.05) is 0 Å². The van der Waals surface area contributed by atoms with Gasteiger partial charge in [-0.05, 0) is 37.1 Å². The number of halogens is 2. The van der Waals surface area contributed by atoms with Gasteiger partial charge in [-0.15, -0.1) is 0 Å². The highest BCUT2D eigenvalue weighted by Crippen LogP contribution is 2.16. The Hall–Kier alpha value is -1.16. The van der Waals surface area contributed by atoms with Gasteiger partial charge >= 0.3 is 0 Å². The lowest BCUT2D eigenvalue weighted by molar-refractivity contribution is -0.654. The lowest BCUT2D eigenvalue weighted by Gasteiger charge is -2.01. The van der Waals surface area contributed by atoms with Crippen LogP contribution in [-0.2, 0) is 41.0 Å². The molecule has 2 aromatic heterocycles. The Kier molecular flexibility index (Phi) is 9.14. The van der Waals surface area contributed by atoms with Gasteiger partial charge in [0.2, 0.25) is 0 Å². The molecule has 0 fully saturated rings. The van der Waals surface area contributed by atoms with Crippen LogP contribution in [0.15, 0.2) is 48.5 Å². The minimum atomic E-state index is 0. The molecule has 2 aromatic carbocycles. The third kappa shape index (κ3) is 4.69. The van der Waals surface area contributed by atoms with E-state index in [2.05, 4.69) is 95.0 Å². The molecule has 30 heavy (non-hydrogen) atoms. The molecule has 4 rings (SSSR count). The number of rotatable bonds is 7. The van der Waals surface area contributed by atoms with Gasteiger partial charge in [-0.25, -0.2) is 18.3 Å². The lowest BCUT2D eigenvalue weighted by atomic mass is 10.1. The van der Waals surface area contributed by atoms with Crippen LogP contribution < -0.4 is 57.1 Å². The van der Waals surface area contributed by atoms with Crippen molar-refractivity contribution in [3.63, 3.8) is 0 Å². The maximum Gasteiger partial charge on any atom is 0.256 e. The van der Waals surface area contributed by atoms with Gasteiger partial charge in [0, 0.05) is 12.8 Å². The van der Waals surface area contributed by atoms with Gasteiger partial charge in [0.25, 0.3) is 11.6 Å². The SMILES string of the molecule is Cn1c(CCCCCCc2n(C)c3ccccc3[n+]2C)[n+](C)c2ccccc21.[I-].[I-]. The molecule has 0 N–H and O–H groups in total. The number of fused-ring (bicyclic) bond motifs is 2. The number of hydrogen-bond acceptors (Lipinski definition) is 0. The van der Waals surface area contributed by atoms with E-state index in [0.29, 0.717) is 0 Å². The number of unbranched alkanes of at least 4 members (excludes halogenated alkanes) is 3. The summed E-state index contributed by atoms with van der Waals surface area (Å²) >= 11 is 0. The predicted molar refractivity (Wildman–Crippen MR) is 114 cm³/mol. The van der Waals surface area contributed by atoms with E-state index in [-0.39, 0.29) is 48.0 Å². The zero-order valence-corrected chi connectivity index (χ0v) is 22.7. The van der Waals surface area contributed by atoms with Crippen LogP contribution in [0.4, 0.5) is 0 Å². The highest BCUT2D eigenvalue weighted by Gasteiger charge is 2.20. The summed E-state index contributed by atoms with van der Waals surface area (Å²) < 4.78 is 9.41. The molecule has 0 aliphatic rings. The van der Waals surface area contributed by atoms with Crippen LogP contribution in [-0.4, -0.2) is 9.13 Å². The van der Waals surface area contributed by atoms with Crippen LogP contribution >= 0.6 is 0 Å². The summed E-state index contributed by atoms with van der Waals surface area (Å²) in [5.74, 6) is 2.84. The number of imidazole rings is 2. The van der Waals surface area contributed by atoms with Gasteiger partial charge in [-0.1, -0.05) is 37.1 Å². The second-order valence-corrected chi connectivity index (χ2v) is 7.96. The van der Waals surface area contributed by atoms with Crippen LogP contribution in [0.5, 0.6) is 0 Å². The second-order valence-electron chi connectivity index (χ2n) is 7.96. The molecule has 0 amide bonds. The third-order valence-corrected chi connectivity index (χ3v) is 6.31. The van der Waals surface area contributed by atoms with Crippen LogP contribution in [0.3, 0.4) is 0 Å². The third-order valence-electron chi connectivity index (χ3n) is 6.31. The number of aryl methyl sites for hydroxylation is 4. The molecule has 4 nitrogen and oxygen atoms in total. The molecular formula is C24H32I2N4. The van der Waals surface area contributed by atoms with Gasteiger partial charge in [0.05, 0.1) is 28.2 Å². The number of benzene rings is 2. The first-order valence-electron chi connectivity index (χ1n) is 10.4.